The lowest BCUT2D eigenvalue weighted by molar-refractivity contribution is -0.472. The summed E-state index contributed by atoms with van der Waals surface area (Å²) in [4.78, 5) is 10.7. The first-order valence-electron chi connectivity index (χ1n) is 4.75. The molecule has 0 saturated carbocycles. The van der Waals surface area contributed by atoms with Gasteiger partial charge in [-0.1, -0.05) is 6.92 Å². The van der Waals surface area contributed by atoms with Crippen molar-refractivity contribution in [1.29, 1.82) is 0 Å². The van der Waals surface area contributed by atoms with Crippen LogP contribution in [0.3, 0.4) is 0 Å². The van der Waals surface area contributed by atoms with Gasteiger partial charge in [0.2, 0.25) is 5.78 Å². The van der Waals surface area contributed by atoms with Gasteiger partial charge in [-0.2, -0.15) is 48.3 Å². The molecule has 2 nitrogen and oxygen atoms in total. The van der Waals surface area contributed by atoms with Gasteiger partial charge in [-0.15, -0.1) is 0 Å². The van der Waals surface area contributed by atoms with Gasteiger partial charge in [-0.3, -0.25) is 9.53 Å². The lowest BCUT2D eigenvalue weighted by Crippen LogP contribution is -2.61. The minimum absolute atomic E-state index is 0.520. The summed E-state index contributed by atoms with van der Waals surface area (Å²) in [7, 11) is 0. The van der Waals surface area contributed by atoms with Crippen molar-refractivity contribution in [2.75, 3.05) is 0 Å². The van der Waals surface area contributed by atoms with E-state index in [2.05, 4.69) is 0 Å². The summed E-state index contributed by atoms with van der Waals surface area (Å²) in [6.45, 7) is 0.520. The number of rotatable bonds is 5. The number of alkyl halides is 11. The molecule has 0 spiro atoms. The molecule has 0 aliphatic rings. The molecular weight excluding hydrogens is 337 g/mol. The SMILES string of the molecule is CCC(=O)C(F)(OC(F)(F)C(F)(F)C(F)(F)F)C(F)(F)F. The van der Waals surface area contributed by atoms with Gasteiger partial charge in [0.05, 0.1) is 0 Å². The Bertz CT molecular complexity index is 396. The van der Waals surface area contributed by atoms with Gasteiger partial charge < -0.3 is 0 Å². The topological polar surface area (TPSA) is 26.3 Å². The average molecular weight is 342 g/mol. The van der Waals surface area contributed by atoms with Gasteiger partial charge in [0.15, 0.2) is 0 Å². The highest BCUT2D eigenvalue weighted by molar-refractivity contribution is 5.86. The van der Waals surface area contributed by atoms with Crippen LogP contribution in [0.25, 0.3) is 0 Å². The fourth-order valence-corrected chi connectivity index (χ4v) is 0.906. The molecule has 0 heterocycles. The monoisotopic (exact) mass is 342 g/mol. The number of hydrogen-bond donors (Lipinski definition) is 0. The lowest BCUT2D eigenvalue weighted by Gasteiger charge is -2.34. The van der Waals surface area contributed by atoms with Crippen LogP contribution in [-0.2, 0) is 9.53 Å². The van der Waals surface area contributed by atoms with E-state index in [0.717, 1.165) is 0 Å². The van der Waals surface area contributed by atoms with E-state index in [0.29, 0.717) is 6.92 Å². The van der Waals surface area contributed by atoms with Crippen LogP contribution >= 0.6 is 0 Å². The van der Waals surface area contributed by atoms with Crippen LogP contribution in [0.1, 0.15) is 13.3 Å². The van der Waals surface area contributed by atoms with E-state index in [1.54, 1.807) is 0 Å². The summed E-state index contributed by atoms with van der Waals surface area (Å²) in [5, 5.41) is 0. The average Bonchev–Trinajstić information content (AvgIpc) is 2.23. The van der Waals surface area contributed by atoms with Crippen molar-refractivity contribution in [2.24, 2.45) is 0 Å². The highest BCUT2D eigenvalue weighted by Gasteiger charge is 2.79. The molecule has 0 saturated heterocycles. The maximum Gasteiger partial charge on any atom is 0.462 e. The van der Waals surface area contributed by atoms with Crippen LogP contribution in [0.4, 0.5) is 48.3 Å². The summed E-state index contributed by atoms with van der Waals surface area (Å²) < 4.78 is 137. The van der Waals surface area contributed by atoms with Crippen molar-refractivity contribution in [3.8, 4) is 0 Å². The van der Waals surface area contributed by atoms with E-state index in [9.17, 15) is 53.1 Å². The van der Waals surface area contributed by atoms with Crippen molar-refractivity contribution in [3.05, 3.63) is 0 Å². The Balaban J connectivity index is 5.82. The molecule has 0 N–H and O–H groups in total. The first-order chi connectivity index (χ1) is 8.94. The molecule has 0 aromatic carbocycles. The Morgan fingerprint density at radius 3 is 1.43 bits per heavy atom. The zero-order valence-electron chi connectivity index (χ0n) is 9.68. The largest absolute Gasteiger partial charge is 0.462 e. The molecule has 0 fully saturated rings. The zero-order valence-corrected chi connectivity index (χ0v) is 9.68. The number of Topliss-reactive ketones (excluding diaryl/α,β-unsaturated/α-hetero) is 1. The van der Waals surface area contributed by atoms with E-state index in [4.69, 9.17) is 0 Å². The predicted octanol–water partition coefficient (Wildman–Crippen LogP) is 4.00. The molecular formula is C8H5F11O2. The molecule has 126 valence electrons. The third-order valence-corrected chi connectivity index (χ3v) is 2.03. The van der Waals surface area contributed by atoms with Crippen LogP contribution in [-0.4, -0.2) is 36.0 Å². The molecule has 1 unspecified atom stereocenters. The predicted molar refractivity (Wildman–Crippen MR) is 42.2 cm³/mol. The van der Waals surface area contributed by atoms with Crippen LogP contribution in [0, 0.1) is 0 Å². The van der Waals surface area contributed by atoms with Crippen molar-refractivity contribution >= 4 is 5.78 Å². The Morgan fingerprint density at radius 2 is 1.19 bits per heavy atom. The molecule has 0 aromatic heterocycles. The Kier molecular flexibility index (Phi) is 4.96. The van der Waals surface area contributed by atoms with Crippen molar-refractivity contribution in [3.63, 3.8) is 0 Å². The van der Waals surface area contributed by atoms with Gasteiger partial charge in [-0.25, -0.2) is 0 Å². The van der Waals surface area contributed by atoms with E-state index in [1.807, 2.05) is 4.74 Å². The third-order valence-electron chi connectivity index (χ3n) is 2.03. The molecule has 21 heavy (non-hydrogen) atoms. The van der Waals surface area contributed by atoms with Crippen LogP contribution < -0.4 is 0 Å². The highest BCUT2D eigenvalue weighted by atomic mass is 19.4. The van der Waals surface area contributed by atoms with E-state index in [1.165, 1.54) is 0 Å². The second-order valence-corrected chi connectivity index (χ2v) is 3.56. The molecule has 0 radical (unpaired) electrons. The van der Waals surface area contributed by atoms with Crippen molar-refractivity contribution in [1.82, 2.24) is 0 Å². The summed E-state index contributed by atoms with van der Waals surface area (Å²) in [6, 6.07) is 0. The highest BCUT2D eigenvalue weighted by Crippen LogP contribution is 2.51. The number of carbonyl (C=O) groups excluding carboxylic acids is 1. The minimum atomic E-state index is -7.16. The second-order valence-electron chi connectivity index (χ2n) is 3.56. The molecule has 0 aromatic rings. The van der Waals surface area contributed by atoms with Gasteiger partial charge in [0, 0.05) is 6.42 Å². The first-order valence-corrected chi connectivity index (χ1v) is 4.75. The molecule has 0 amide bonds. The third kappa shape index (κ3) is 3.37. The molecule has 0 bridgehead atoms. The quantitative estimate of drug-likeness (QED) is 0.706. The van der Waals surface area contributed by atoms with E-state index >= 15 is 0 Å². The maximum atomic E-state index is 13.2. The maximum absolute atomic E-state index is 13.2. The van der Waals surface area contributed by atoms with Crippen molar-refractivity contribution < 1.29 is 57.8 Å². The van der Waals surface area contributed by atoms with E-state index < -0.39 is 42.4 Å². The Hall–Kier alpha value is -1.14. The van der Waals surface area contributed by atoms with Crippen LogP contribution in [0.2, 0.25) is 0 Å². The number of carbonyl (C=O) groups is 1. The smallest absolute Gasteiger partial charge is 0.293 e. The van der Waals surface area contributed by atoms with Gasteiger partial charge in [0.1, 0.15) is 0 Å². The minimum Gasteiger partial charge on any atom is -0.293 e. The van der Waals surface area contributed by atoms with Gasteiger partial charge in [-0.05, 0) is 0 Å². The Morgan fingerprint density at radius 1 is 0.810 bits per heavy atom. The van der Waals surface area contributed by atoms with Gasteiger partial charge in [0.25, 0.3) is 0 Å². The fourth-order valence-electron chi connectivity index (χ4n) is 0.906. The molecule has 0 aliphatic carbocycles. The molecule has 0 rings (SSSR count). The zero-order chi connectivity index (χ0) is 17.5. The number of ether oxygens (including phenoxy) is 1. The number of ketones is 1. The summed E-state index contributed by atoms with van der Waals surface area (Å²) >= 11 is 0. The molecule has 0 aliphatic heterocycles. The Labute approximate surface area is 108 Å². The molecule has 13 heteroatoms. The number of halogens is 11. The van der Waals surface area contributed by atoms with Crippen LogP contribution in [0.15, 0.2) is 0 Å². The summed E-state index contributed by atoms with van der Waals surface area (Å²) in [5.74, 6) is -16.0. The van der Waals surface area contributed by atoms with E-state index in [-0.39, 0.29) is 0 Å². The van der Waals surface area contributed by atoms with Gasteiger partial charge >= 0.3 is 30.2 Å². The van der Waals surface area contributed by atoms with Crippen LogP contribution in [0.5, 0.6) is 0 Å². The summed E-state index contributed by atoms with van der Waals surface area (Å²) in [6.07, 6.45) is -22.1. The second kappa shape index (κ2) is 5.25. The fraction of sp³-hybridized carbons (Fsp3) is 0.875. The first kappa shape index (κ1) is 19.9. The summed E-state index contributed by atoms with van der Waals surface area (Å²) in [5.41, 5.74) is 0. The standard InChI is InChI=1S/C8H5F11O2/c1-2-3(20)4(9,6(12,13)14)21-8(18,19)5(10,11)7(15,16)17/h2H2,1H3. The lowest BCUT2D eigenvalue weighted by atomic mass is 10.1. The molecule has 1 atom stereocenters. The normalized spacial score (nSPS) is 17.5. The number of hydrogen-bond acceptors (Lipinski definition) is 2. The van der Waals surface area contributed by atoms with Crippen molar-refractivity contribution in [2.45, 2.75) is 43.6 Å².